The van der Waals surface area contributed by atoms with Crippen molar-refractivity contribution in [3.63, 3.8) is 0 Å². The van der Waals surface area contributed by atoms with Crippen molar-refractivity contribution in [1.82, 2.24) is 5.32 Å². The van der Waals surface area contributed by atoms with E-state index in [-0.39, 0.29) is 12.0 Å². The van der Waals surface area contributed by atoms with E-state index in [1.807, 2.05) is 0 Å². The summed E-state index contributed by atoms with van der Waals surface area (Å²) in [5.41, 5.74) is -0.702. The van der Waals surface area contributed by atoms with Crippen LogP contribution in [-0.4, -0.2) is 23.8 Å². The number of nitrogens with one attached hydrogen (secondary N) is 1. The summed E-state index contributed by atoms with van der Waals surface area (Å²) in [4.78, 5) is 0. The first-order valence-corrected chi connectivity index (χ1v) is 4.57. The Hall–Kier alpha value is -1.07. The fourth-order valence-electron chi connectivity index (χ4n) is 1.63. The molecule has 0 amide bonds. The summed E-state index contributed by atoms with van der Waals surface area (Å²) in [6.07, 6.45) is 0.119. The molecule has 1 aliphatic rings. The third-order valence-corrected chi connectivity index (χ3v) is 2.48. The minimum absolute atomic E-state index is 0.119. The third-order valence-electron chi connectivity index (χ3n) is 2.48. The van der Waals surface area contributed by atoms with Gasteiger partial charge in [0, 0.05) is 19.5 Å². The van der Waals surface area contributed by atoms with Gasteiger partial charge in [0.05, 0.1) is 5.60 Å². The summed E-state index contributed by atoms with van der Waals surface area (Å²) in [5.74, 6) is -3.92. The molecule has 1 heterocycles. The van der Waals surface area contributed by atoms with Crippen LogP contribution in [0.3, 0.4) is 0 Å². The number of halogens is 3. The van der Waals surface area contributed by atoms with Crippen LogP contribution in [-0.2, 0) is 6.42 Å². The molecule has 0 spiro atoms. The number of aliphatic hydroxyl groups is 1. The van der Waals surface area contributed by atoms with E-state index >= 15 is 0 Å². The van der Waals surface area contributed by atoms with Crippen molar-refractivity contribution in [2.75, 3.05) is 13.1 Å². The van der Waals surface area contributed by atoms with Gasteiger partial charge in [0.2, 0.25) is 0 Å². The van der Waals surface area contributed by atoms with Gasteiger partial charge in [0.25, 0.3) is 0 Å². The van der Waals surface area contributed by atoms with E-state index in [0.29, 0.717) is 13.1 Å². The Labute approximate surface area is 84.7 Å². The fourth-order valence-corrected chi connectivity index (χ4v) is 1.63. The number of hydrogen-bond donors (Lipinski definition) is 2. The Morgan fingerprint density at radius 1 is 1.20 bits per heavy atom. The van der Waals surface area contributed by atoms with Crippen molar-refractivity contribution in [1.29, 1.82) is 0 Å². The van der Waals surface area contributed by atoms with E-state index in [4.69, 9.17) is 0 Å². The van der Waals surface area contributed by atoms with E-state index in [0.717, 1.165) is 12.1 Å². The lowest BCUT2D eigenvalue weighted by atomic mass is 9.89. The standard InChI is InChI=1S/C10H10F3NO/c11-7-1-6(2-8(12)9(7)13)3-10(15)4-14-5-10/h1-2,14-15H,3-5H2. The smallest absolute Gasteiger partial charge is 0.194 e. The second-order valence-corrected chi connectivity index (χ2v) is 3.88. The average molecular weight is 217 g/mol. The predicted molar refractivity (Wildman–Crippen MR) is 47.8 cm³/mol. The summed E-state index contributed by atoms with van der Waals surface area (Å²) >= 11 is 0. The molecule has 0 atom stereocenters. The van der Waals surface area contributed by atoms with Crippen LogP contribution < -0.4 is 5.32 Å². The quantitative estimate of drug-likeness (QED) is 0.724. The van der Waals surface area contributed by atoms with Crippen molar-refractivity contribution in [2.24, 2.45) is 0 Å². The Morgan fingerprint density at radius 3 is 2.13 bits per heavy atom. The molecule has 0 radical (unpaired) electrons. The third kappa shape index (κ3) is 1.98. The van der Waals surface area contributed by atoms with Gasteiger partial charge >= 0.3 is 0 Å². The molecule has 1 aromatic carbocycles. The lowest BCUT2D eigenvalue weighted by Gasteiger charge is -2.37. The molecular weight excluding hydrogens is 207 g/mol. The first-order chi connectivity index (χ1) is 7.00. The molecule has 0 bridgehead atoms. The van der Waals surface area contributed by atoms with Crippen LogP contribution in [0.4, 0.5) is 13.2 Å². The zero-order valence-corrected chi connectivity index (χ0v) is 7.86. The molecule has 0 aromatic heterocycles. The molecular formula is C10H10F3NO. The van der Waals surface area contributed by atoms with Crippen molar-refractivity contribution >= 4 is 0 Å². The summed E-state index contributed by atoms with van der Waals surface area (Å²) in [5, 5.41) is 12.6. The molecule has 2 nitrogen and oxygen atoms in total. The van der Waals surface area contributed by atoms with E-state index in [2.05, 4.69) is 5.32 Å². The molecule has 1 saturated heterocycles. The molecule has 5 heteroatoms. The first-order valence-electron chi connectivity index (χ1n) is 4.57. The van der Waals surface area contributed by atoms with Crippen LogP contribution in [0.2, 0.25) is 0 Å². The molecule has 2 N–H and O–H groups in total. The van der Waals surface area contributed by atoms with Crippen molar-refractivity contribution in [3.8, 4) is 0 Å². The highest BCUT2D eigenvalue weighted by atomic mass is 19.2. The molecule has 15 heavy (non-hydrogen) atoms. The van der Waals surface area contributed by atoms with E-state index in [1.54, 1.807) is 0 Å². The predicted octanol–water partition coefficient (Wildman–Crippen LogP) is 0.981. The van der Waals surface area contributed by atoms with E-state index in [9.17, 15) is 18.3 Å². The summed E-state index contributed by atoms with van der Waals surface area (Å²) in [7, 11) is 0. The van der Waals surface area contributed by atoms with Crippen LogP contribution in [0.5, 0.6) is 0 Å². The summed E-state index contributed by atoms with van der Waals surface area (Å²) in [6, 6.07) is 1.82. The highest BCUT2D eigenvalue weighted by Gasteiger charge is 2.34. The zero-order valence-electron chi connectivity index (χ0n) is 7.86. The average Bonchev–Trinajstić information content (AvgIpc) is 2.11. The van der Waals surface area contributed by atoms with Gasteiger partial charge in [0.1, 0.15) is 0 Å². The number of hydrogen-bond acceptors (Lipinski definition) is 2. The Bertz CT molecular complexity index is 367. The maximum Gasteiger partial charge on any atom is 0.194 e. The second-order valence-electron chi connectivity index (χ2n) is 3.88. The summed E-state index contributed by atoms with van der Waals surface area (Å²) in [6.45, 7) is 0.765. The normalized spacial score (nSPS) is 18.7. The van der Waals surface area contributed by atoms with Gasteiger partial charge in [-0.05, 0) is 17.7 Å². The SMILES string of the molecule is OC1(Cc2cc(F)c(F)c(F)c2)CNC1. The maximum atomic E-state index is 12.8. The van der Waals surface area contributed by atoms with Crippen LogP contribution in [0.25, 0.3) is 0 Å². The zero-order chi connectivity index (χ0) is 11.1. The van der Waals surface area contributed by atoms with Gasteiger partial charge in [-0.25, -0.2) is 13.2 Å². The number of benzene rings is 1. The van der Waals surface area contributed by atoms with Gasteiger partial charge in [-0.1, -0.05) is 0 Å². The molecule has 2 rings (SSSR count). The molecule has 0 aliphatic carbocycles. The lowest BCUT2D eigenvalue weighted by molar-refractivity contribution is -0.00913. The van der Waals surface area contributed by atoms with Gasteiger partial charge < -0.3 is 10.4 Å². The largest absolute Gasteiger partial charge is 0.387 e. The van der Waals surface area contributed by atoms with Gasteiger partial charge in [-0.3, -0.25) is 0 Å². The van der Waals surface area contributed by atoms with Crippen molar-refractivity contribution in [2.45, 2.75) is 12.0 Å². The van der Waals surface area contributed by atoms with Crippen LogP contribution >= 0.6 is 0 Å². The minimum atomic E-state index is -1.47. The number of rotatable bonds is 2. The second kappa shape index (κ2) is 3.50. The fraction of sp³-hybridized carbons (Fsp3) is 0.400. The maximum absolute atomic E-state index is 12.8. The molecule has 0 unspecified atom stereocenters. The van der Waals surface area contributed by atoms with Gasteiger partial charge in [-0.15, -0.1) is 0 Å². The van der Waals surface area contributed by atoms with E-state index in [1.165, 1.54) is 0 Å². The lowest BCUT2D eigenvalue weighted by Crippen LogP contribution is -2.60. The van der Waals surface area contributed by atoms with Crippen molar-refractivity contribution in [3.05, 3.63) is 35.1 Å². The molecule has 1 aromatic rings. The van der Waals surface area contributed by atoms with Crippen molar-refractivity contribution < 1.29 is 18.3 Å². The Balaban J connectivity index is 2.22. The van der Waals surface area contributed by atoms with Crippen LogP contribution in [0, 0.1) is 17.5 Å². The number of β-amino-alcohol motifs (C(OH)–C–C–N with tert-alkyl or cyclic N) is 1. The topological polar surface area (TPSA) is 32.3 Å². The highest BCUT2D eigenvalue weighted by molar-refractivity contribution is 5.22. The van der Waals surface area contributed by atoms with Gasteiger partial charge in [0.15, 0.2) is 17.5 Å². The highest BCUT2D eigenvalue weighted by Crippen LogP contribution is 2.20. The molecule has 1 fully saturated rings. The van der Waals surface area contributed by atoms with Gasteiger partial charge in [-0.2, -0.15) is 0 Å². The first kappa shape index (κ1) is 10.4. The molecule has 1 aliphatic heterocycles. The van der Waals surface area contributed by atoms with Crippen LogP contribution in [0.1, 0.15) is 5.56 Å². The van der Waals surface area contributed by atoms with E-state index < -0.39 is 23.1 Å². The molecule has 0 saturated carbocycles. The monoisotopic (exact) mass is 217 g/mol. The van der Waals surface area contributed by atoms with Crippen LogP contribution in [0.15, 0.2) is 12.1 Å². The minimum Gasteiger partial charge on any atom is -0.387 e. The Morgan fingerprint density at radius 2 is 1.73 bits per heavy atom. The molecule has 82 valence electrons. The Kier molecular flexibility index (Phi) is 2.44. The summed E-state index contributed by atoms with van der Waals surface area (Å²) < 4.78 is 38.3.